The van der Waals surface area contributed by atoms with Crippen molar-refractivity contribution >= 4 is 28.6 Å². The lowest BCUT2D eigenvalue weighted by molar-refractivity contribution is 0.298. The van der Waals surface area contributed by atoms with E-state index in [1.807, 2.05) is 41.9 Å². The van der Waals surface area contributed by atoms with Crippen LogP contribution in [-0.4, -0.2) is 12.3 Å². The molecule has 3 heteroatoms. The van der Waals surface area contributed by atoms with Crippen molar-refractivity contribution in [2.45, 2.75) is 26.7 Å². The Bertz CT molecular complexity index is 410. The topological polar surface area (TPSA) is 21.6 Å². The highest BCUT2D eigenvalue weighted by Crippen LogP contribution is 2.31. The second kappa shape index (κ2) is 5.17. The largest absolute Gasteiger partial charge is 0.493 e. The van der Waals surface area contributed by atoms with Crippen LogP contribution in [0.1, 0.15) is 30.9 Å². The zero-order chi connectivity index (χ0) is 11.5. The average Bonchev–Trinajstić information content (AvgIpc) is 3.10. The van der Waals surface area contributed by atoms with Gasteiger partial charge >= 0.3 is 0 Å². The Kier molecular flexibility index (Phi) is 3.84. The van der Waals surface area contributed by atoms with Gasteiger partial charge in [-0.15, -0.1) is 0 Å². The molecular formula is C13H16INO. The van der Waals surface area contributed by atoms with Gasteiger partial charge < -0.3 is 4.74 Å². The minimum atomic E-state index is 0.794. The molecule has 1 aliphatic rings. The highest BCUT2D eigenvalue weighted by Gasteiger charge is 2.22. The van der Waals surface area contributed by atoms with Gasteiger partial charge in [-0.05, 0) is 38.7 Å². The normalized spacial score (nSPS) is 16.3. The van der Waals surface area contributed by atoms with Gasteiger partial charge in [0.15, 0.2) is 0 Å². The second-order valence-electron chi connectivity index (χ2n) is 4.35. The maximum absolute atomic E-state index is 5.84. The molecule has 0 radical (unpaired) electrons. The lowest BCUT2D eigenvalue weighted by Gasteiger charge is -2.11. The summed E-state index contributed by atoms with van der Waals surface area (Å²) < 4.78 is 10.0. The van der Waals surface area contributed by atoms with Crippen LogP contribution in [0.3, 0.4) is 0 Å². The van der Waals surface area contributed by atoms with Crippen molar-refractivity contribution in [2.75, 3.05) is 6.61 Å². The van der Waals surface area contributed by atoms with E-state index in [1.54, 1.807) is 0 Å². The number of ether oxygens (including phenoxy) is 1. The summed E-state index contributed by atoms with van der Waals surface area (Å²) in [6, 6.07) is 6.17. The standard InChI is InChI=1S/C13H16INO/c1-9-12(10(2)15-14)4-3-5-13(9)16-8-11-6-7-11/h3-5,11H,6-8H2,1-2H3. The molecule has 0 amide bonds. The van der Waals surface area contributed by atoms with Crippen molar-refractivity contribution in [3.63, 3.8) is 0 Å². The molecule has 86 valence electrons. The van der Waals surface area contributed by atoms with Crippen LogP contribution in [0, 0.1) is 12.8 Å². The van der Waals surface area contributed by atoms with Gasteiger partial charge in [-0.3, -0.25) is 0 Å². The monoisotopic (exact) mass is 329 g/mol. The third-order valence-electron chi connectivity index (χ3n) is 2.97. The third-order valence-corrected chi connectivity index (χ3v) is 3.70. The van der Waals surface area contributed by atoms with E-state index in [1.165, 1.54) is 24.0 Å². The predicted molar refractivity (Wildman–Crippen MR) is 75.6 cm³/mol. The maximum Gasteiger partial charge on any atom is 0.122 e. The predicted octanol–water partition coefficient (Wildman–Crippen LogP) is 3.94. The van der Waals surface area contributed by atoms with Gasteiger partial charge in [-0.2, -0.15) is 0 Å². The lowest BCUT2D eigenvalue weighted by Crippen LogP contribution is -2.04. The van der Waals surface area contributed by atoms with E-state index in [2.05, 4.69) is 16.2 Å². The SMILES string of the molecule is CC(=NI)c1cccc(OCC2CC2)c1C. The van der Waals surface area contributed by atoms with E-state index in [0.29, 0.717) is 0 Å². The third kappa shape index (κ3) is 2.75. The molecule has 1 aromatic carbocycles. The Morgan fingerprint density at radius 3 is 2.88 bits per heavy atom. The summed E-state index contributed by atoms with van der Waals surface area (Å²) in [5.41, 5.74) is 3.43. The number of benzene rings is 1. The number of hydrogen-bond donors (Lipinski definition) is 0. The van der Waals surface area contributed by atoms with E-state index in [0.717, 1.165) is 24.0 Å². The average molecular weight is 329 g/mol. The molecule has 2 nitrogen and oxygen atoms in total. The van der Waals surface area contributed by atoms with Gasteiger partial charge in [0.2, 0.25) is 0 Å². The molecular weight excluding hydrogens is 313 g/mol. The minimum absolute atomic E-state index is 0.794. The fourth-order valence-corrected chi connectivity index (χ4v) is 1.96. The van der Waals surface area contributed by atoms with Crippen LogP contribution in [0.5, 0.6) is 5.75 Å². The fraction of sp³-hybridized carbons (Fsp3) is 0.462. The smallest absolute Gasteiger partial charge is 0.122 e. The van der Waals surface area contributed by atoms with E-state index in [-0.39, 0.29) is 0 Å². The maximum atomic E-state index is 5.84. The van der Waals surface area contributed by atoms with Crippen molar-refractivity contribution in [1.82, 2.24) is 0 Å². The molecule has 0 atom stereocenters. The molecule has 16 heavy (non-hydrogen) atoms. The van der Waals surface area contributed by atoms with Gasteiger partial charge in [0.05, 0.1) is 35.2 Å². The molecule has 2 rings (SSSR count). The minimum Gasteiger partial charge on any atom is -0.493 e. The Morgan fingerprint density at radius 2 is 2.25 bits per heavy atom. The molecule has 0 spiro atoms. The lowest BCUT2D eigenvalue weighted by atomic mass is 10.0. The molecule has 0 aliphatic heterocycles. The summed E-state index contributed by atoms with van der Waals surface area (Å²) in [5.74, 6) is 1.80. The molecule has 0 N–H and O–H groups in total. The van der Waals surface area contributed by atoms with Crippen molar-refractivity contribution in [3.05, 3.63) is 29.3 Å². The van der Waals surface area contributed by atoms with Gasteiger partial charge in [-0.1, -0.05) is 12.1 Å². The summed E-state index contributed by atoms with van der Waals surface area (Å²) in [4.78, 5) is 0. The quantitative estimate of drug-likeness (QED) is 0.606. The van der Waals surface area contributed by atoms with E-state index < -0.39 is 0 Å². The molecule has 1 aliphatic carbocycles. The van der Waals surface area contributed by atoms with Crippen LogP contribution in [0.25, 0.3) is 0 Å². The zero-order valence-corrected chi connectivity index (χ0v) is 11.8. The Labute approximate surface area is 111 Å². The summed E-state index contributed by atoms with van der Waals surface area (Å²) in [6.07, 6.45) is 2.65. The summed E-state index contributed by atoms with van der Waals surface area (Å²) in [6.45, 7) is 4.99. The molecule has 1 aromatic rings. The van der Waals surface area contributed by atoms with Crippen molar-refractivity contribution in [1.29, 1.82) is 0 Å². The Balaban J connectivity index is 2.17. The van der Waals surface area contributed by atoms with Crippen LogP contribution in [0.4, 0.5) is 0 Å². The van der Waals surface area contributed by atoms with Crippen LogP contribution in [-0.2, 0) is 0 Å². The first-order chi connectivity index (χ1) is 7.72. The Hall–Kier alpha value is -0.580. The molecule has 1 saturated carbocycles. The van der Waals surface area contributed by atoms with Gasteiger partial charge in [0.1, 0.15) is 5.75 Å². The first-order valence-electron chi connectivity index (χ1n) is 5.60. The number of hydrogen-bond acceptors (Lipinski definition) is 2. The van der Waals surface area contributed by atoms with E-state index in [4.69, 9.17) is 4.74 Å². The number of rotatable bonds is 4. The van der Waals surface area contributed by atoms with Gasteiger partial charge in [-0.25, -0.2) is 3.21 Å². The van der Waals surface area contributed by atoms with E-state index in [9.17, 15) is 0 Å². The first-order valence-corrected chi connectivity index (χ1v) is 6.57. The van der Waals surface area contributed by atoms with Crippen molar-refractivity contribution in [2.24, 2.45) is 9.12 Å². The molecule has 1 fully saturated rings. The zero-order valence-electron chi connectivity index (χ0n) is 9.66. The van der Waals surface area contributed by atoms with Crippen molar-refractivity contribution < 1.29 is 4.74 Å². The summed E-state index contributed by atoms with van der Waals surface area (Å²) in [5, 5.41) is 0. The highest BCUT2D eigenvalue weighted by molar-refractivity contribution is 14.1. The van der Waals surface area contributed by atoms with Crippen LogP contribution in [0.2, 0.25) is 0 Å². The molecule has 0 saturated heterocycles. The van der Waals surface area contributed by atoms with Gasteiger partial charge in [0, 0.05) is 11.1 Å². The van der Waals surface area contributed by atoms with Crippen LogP contribution >= 0.6 is 22.9 Å². The van der Waals surface area contributed by atoms with E-state index >= 15 is 0 Å². The number of halogens is 1. The molecule has 0 heterocycles. The fourth-order valence-electron chi connectivity index (χ4n) is 1.70. The number of nitrogens with zero attached hydrogens (tertiary/aromatic N) is 1. The van der Waals surface area contributed by atoms with Crippen LogP contribution < -0.4 is 4.74 Å². The summed E-state index contributed by atoms with van der Waals surface area (Å²) in [7, 11) is 0. The first kappa shape index (κ1) is 11.9. The summed E-state index contributed by atoms with van der Waals surface area (Å²) >= 11 is 2.03. The highest BCUT2D eigenvalue weighted by atomic mass is 127. The van der Waals surface area contributed by atoms with Crippen LogP contribution in [0.15, 0.2) is 21.4 Å². The second-order valence-corrected chi connectivity index (χ2v) is 4.84. The molecule has 0 bridgehead atoms. The van der Waals surface area contributed by atoms with Crippen molar-refractivity contribution in [3.8, 4) is 5.75 Å². The Morgan fingerprint density at radius 1 is 1.50 bits per heavy atom. The van der Waals surface area contributed by atoms with Gasteiger partial charge in [0.25, 0.3) is 0 Å². The molecule has 0 unspecified atom stereocenters. The molecule has 0 aromatic heterocycles.